The lowest BCUT2D eigenvalue weighted by Crippen LogP contribution is -2.43. The van der Waals surface area contributed by atoms with Gasteiger partial charge in [-0.3, -0.25) is 14.4 Å². The van der Waals surface area contributed by atoms with Gasteiger partial charge in [-0.15, -0.1) is 0 Å². The quantitative estimate of drug-likeness (QED) is 0.629. The first-order valence-corrected chi connectivity index (χ1v) is 10.00. The predicted molar refractivity (Wildman–Crippen MR) is 117 cm³/mol. The molecule has 0 radical (unpaired) electrons. The van der Waals surface area contributed by atoms with Crippen molar-refractivity contribution in [2.45, 2.75) is 26.7 Å². The molecule has 0 aliphatic carbocycles. The fourth-order valence-corrected chi connectivity index (χ4v) is 2.87. The third-order valence-electron chi connectivity index (χ3n) is 4.60. The van der Waals surface area contributed by atoms with Crippen molar-refractivity contribution in [2.75, 3.05) is 32.1 Å². The van der Waals surface area contributed by atoms with Crippen molar-refractivity contribution in [3.63, 3.8) is 0 Å². The van der Waals surface area contributed by atoms with Crippen LogP contribution >= 0.6 is 0 Å². The summed E-state index contributed by atoms with van der Waals surface area (Å²) >= 11 is 0. The minimum Gasteiger partial charge on any atom is -0.497 e. The number of amides is 3. The van der Waals surface area contributed by atoms with Crippen LogP contribution in [0.5, 0.6) is 5.75 Å². The van der Waals surface area contributed by atoms with E-state index in [2.05, 4.69) is 10.6 Å². The Morgan fingerprint density at radius 1 is 1.00 bits per heavy atom. The predicted octanol–water partition coefficient (Wildman–Crippen LogP) is 3.00. The monoisotopic (exact) mass is 411 g/mol. The highest BCUT2D eigenvalue weighted by atomic mass is 16.5. The second kappa shape index (κ2) is 11.6. The number of anilines is 1. The molecule has 0 bridgehead atoms. The number of hydrogen-bond donors (Lipinski definition) is 2. The van der Waals surface area contributed by atoms with Crippen LogP contribution in [0.1, 0.15) is 35.7 Å². The van der Waals surface area contributed by atoms with Gasteiger partial charge >= 0.3 is 0 Å². The number of carbonyl (C=O) groups is 3. The van der Waals surface area contributed by atoms with Gasteiger partial charge in [0.05, 0.1) is 20.2 Å². The molecule has 0 atom stereocenters. The van der Waals surface area contributed by atoms with E-state index in [9.17, 15) is 14.4 Å². The molecule has 0 saturated heterocycles. The third-order valence-corrected chi connectivity index (χ3v) is 4.60. The van der Waals surface area contributed by atoms with Gasteiger partial charge in [0.2, 0.25) is 11.8 Å². The molecular weight excluding hydrogens is 382 g/mol. The zero-order valence-corrected chi connectivity index (χ0v) is 17.7. The number of carbonyl (C=O) groups excluding carboxylic acids is 3. The molecule has 0 fully saturated rings. The van der Waals surface area contributed by atoms with E-state index in [0.29, 0.717) is 23.5 Å². The summed E-state index contributed by atoms with van der Waals surface area (Å²) in [5, 5.41) is 5.29. The van der Waals surface area contributed by atoms with Crippen LogP contribution in [-0.4, -0.2) is 49.4 Å². The molecular formula is C23H29N3O4. The Bertz CT molecular complexity index is 865. The van der Waals surface area contributed by atoms with E-state index < -0.39 is 0 Å². The summed E-state index contributed by atoms with van der Waals surface area (Å²) in [5.41, 5.74) is 2.05. The summed E-state index contributed by atoms with van der Waals surface area (Å²) in [5.74, 6) is -0.219. The number of ether oxygens (including phenoxy) is 1. The number of nitrogens with one attached hydrogen (secondary N) is 2. The smallest absolute Gasteiger partial charge is 0.254 e. The van der Waals surface area contributed by atoms with Crippen molar-refractivity contribution in [3.8, 4) is 5.75 Å². The molecule has 7 heteroatoms. The van der Waals surface area contributed by atoms with Crippen LogP contribution in [0.15, 0.2) is 48.5 Å². The first-order chi connectivity index (χ1) is 14.4. The van der Waals surface area contributed by atoms with Crippen molar-refractivity contribution in [2.24, 2.45) is 0 Å². The maximum Gasteiger partial charge on any atom is 0.254 e. The lowest BCUT2D eigenvalue weighted by molar-refractivity contribution is -0.124. The summed E-state index contributed by atoms with van der Waals surface area (Å²) in [6.45, 7) is 4.11. The van der Waals surface area contributed by atoms with Crippen LogP contribution < -0.4 is 15.4 Å². The lowest BCUT2D eigenvalue weighted by atomic mass is 10.1. The Kier molecular flexibility index (Phi) is 8.87. The van der Waals surface area contributed by atoms with E-state index in [4.69, 9.17) is 4.74 Å². The van der Waals surface area contributed by atoms with Crippen molar-refractivity contribution in [3.05, 3.63) is 59.7 Å². The van der Waals surface area contributed by atoms with Crippen LogP contribution in [0.4, 0.5) is 5.69 Å². The molecule has 0 spiro atoms. The molecule has 2 aromatic rings. The van der Waals surface area contributed by atoms with Crippen LogP contribution in [-0.2, 0) is 9.59 Å². The van der Waals surface area contributed by atoms with Gasteiger partial charge in [-0.05, 0) is 49.2 Å². The summed E-state index contributed by atoms with van der Waals surface area (Å²) in [6, 6.07) is 14.2. The Balaban J connectivity index is 1.90. The van der Waals surface area contributed by atoms with Crippen LogP contribution in [0.25, 0.3) is 0 Å². The number of nitrogens with zero attached hydrogens (tertiary/aromatic N) is 1. The minimum absolute atomic E-state index is 0.0943. The van der Waals surface area contributed by atoms with Gasteiger partial charge in [0.25, 0.3) is 5.91 Å². The van der Waals surface area contributed by atoms with E-state index >= 15 is 0 Å². The maximum atomic E-state index is 12.9. The van der Waals surface area contributed by atoms with E-state index in [1.54, 1.807) is 37.4 Å². The molecule has 2 rings (SSSR count). The summed E-state index contributed by atoms with van der Waals surface area (Å²) < 4.78 is 5.07. The molecule has 2 N–H and O–H groups in total. The van der Waals surface area contributed by atoms with Crippen LogP contribution in [0, 0.1) is 6.92 Å². The highest BCUT2D eigenvalue weighted by Crippen LogP contribution is 2.15. The molecule has 2 aromatic carbocycles. The van der Waals surface area contributed by atoms with Crippen molar-refractivity contribution in [1.82, 2.24) is 10.2 Å². The Morgan fingerprint density at radius 3 is 2.33 bits per heavy atom. The van der Waals surface area contributed by atoms with Gasteiger partial charge in [-0.1, -0.05) is 31.5 Å². The Morgan fingerprint density at radius 2 is 1.70 bits per heavy atom. The van der Waals surface area contributed by atoms with Gasteiger partial charge < -0.3 is 20.3 Å². The second-order valence-corrected chi connectivity index (χ2v) is 6.95. The summed E-state index contributed by atoms with van der Waals surface area (Å²) in [6.07, 6.45) is 1.70. The van der Waals surface area contributed by atoms with Crippen molar-refractivity contribution >= 4 is 23.4 Å². The topological polar surface area (TPSA) is 87.7 Å². The lowest BCUT2D eigenvalue weighted by Gasteiger charge is -2.23. The number of aryl methyl sites for hydroxylation is 1. The van der Waals surface area contributed by atoms with Gasteiger partial charge in [-0.2, -0.15) is 0 Å². The molecule has 3 amide bonds. The minimum atomic E-state index is -0.377. The fraction of sp³-hybridized carbons (Fsp3) is 0.348. The first kappa shape index (κ1) is 22.9. The summed E-state index contributed by atoms with van der Waals surface area (Å²) in [7, 11) is 1.57. The fourth-order valence-electron chi connectivity index (χ4n) is 2.87. The van der Waals surface area contributed by atoms with Gasteiger partial charge in [0, 0.05) is 17.8 Å². The molecule has 30 heavy (non-hydrogen) atoms. The molecule has 0 saturated carbocycles. The van der Waals surface area contributed by atoms with Crippen molar-refractivity contribution in [1.29, 1.82) is 0 Å². The number of hydrogen-bond acceptors (Lipinski definition) is 4. The number of unbranched alkanes of at least 4 members (excludes halogenated alkanes) is 1. The van der Waals surface area contributed by atoms with E-state index in [1.807, 2.05) is 32.0 Å². The van der Waals surface area contributed by atoms with Crippen LogP contribution in [0.2, 0.25) is 0 Å². The highest BCUT2D eigenvalue weighted by molar-refractivity contribution is 5.98. The first-order valence-electron chi connectivity index (χ1n) is 10.00. The van der Waals surface area contributed by atoms with Gasteiger partial charge in [0.15, 0.2) is 0 Å². The SMILES string of the molecule is CCCCN(CC(=O)NCC(=O)Nc1ccc(OC)cc1)C(=O)c1ccccc1C. The molecule has 0 aliphatic heterocycles. The highest BCUT2D eigenvalue weighted by Gasteiger charge is 2.20. The number of rotatable bonds is 10. The molecule has 160 valence electrons. The molecule has 0 unspecified atom stereocenters. The Hall–Kier alpha value is -3.35. The van der Waals surface area contributed by atoms with Crippen LogP contribution in [0.3, 0.4) is 0 Å². The maximum absolute atomic E-state index is 12.9. The molecule has 7 nitrogen and oxygen atoms in total. The van der Waals surface area contributed by atoms with E-state index in [1.165, 1.54) is 4.90 Å². The zero-order valence-electron chi connectivity index (χ0n) is 17.7. The molecule has 0 aromatic heterocycles. The standard InChI is InChI=1S/C23H29N3O4/c1-4-5-14-26(23(29)20-9-7-6-8-17(20)2)16-22(28)24-15-21(27)25-18-10-12-19(30-3)13-11-18/h6-13H,4-5,14-16H2,1-3H3,(H,24,28)(H,25,27). The normalized spacial score (nSPS) is 10.2. The Labute approximate surface area is 177 Å². The largest absolute Gasteiger partial charge is 0.497 e. The van der Waals surface area contributed by atoms with Gasteiger partial charge in [0.1, 0.15) is 5.75 Å². The van der Waals surface area contributed by atoms with E-state index in [0.717, 1.165) is 18.4 Å². The average molecular weight is 412 g/mol. The number of benzene rings is 2. The molecule has 0 aliphatic rings. The summed E-state index contributed by atoms with van der Waals surface area (Å²) in [4.78, 5) is 38.9. The third kappa shape index (κ3) is 6.92. The zero-order chi connectivity index (χ0) is 21.9. The molecule has 0 heterocycles. The average Bonchev–Trinajstić information content (AvgIpc) is 2.75. The van der Waals surface area contributed by atoms with Gasteiger partial charge in [-0.25, -0.2) is 0 Å². The second-order valence-electron chi connectivity index (χ2n) is 6.95. The van der Waals surface area contributed by atoms with E-state index in [-0.39, 0.29) is 30.8 Å². The number of methoxy groups -OCH3 is 1. The van der Waals surface area contributed by atoms with Crippen molar-refractivity contribution < 1.29 is 19.1 Å².